The molecule has 8 nitrogen and oxygen atoms in total. The second kappa shape index (κ2) is 9.07. The molecule has 0 saturated heterocycles. The van der Waals surface area contributed by atoms with Crippen molar-refractivity contribution in [1.29, 1.82) is 0 Å². The molecule has 3 heterocycles. The largest absolute Gasteiger partial charge is 0.382 e. The maximum absolute atomic E-state index is 14.3. The van der Waals surface area contributed by atoms with Crippen molar-refractivity contribution in [2.45, 2.75) is 25.6 Å². The Morgan fingerprint density at radius 3 is 2.67 bits per heavy atom. The van der Waals surface area contributed by atoms with Gasteiger partial charge in [-0.1, -0.05) is 53.7 Å². The minimum atomic E-state index is -0.283. The summed E-state index contributed by atoms with van der Waals surface area (Å²) in [6.45, 7) is 0.888. The number of nitrogens with zero attached hydrogens (tertiary/aromatic N) is 5. The van der Waals surface area contributed by atoms with E-state index >= 15 is 0 Å². The average molecular weight is 443 g/mol. The Morgan fingerprint density at radius 2 is 1.91 bits per heavy atom. The zero-order chi connectivity index (χ0) is 22.6. The lowest BCUT2D eigenvalue weighted by atomic mass is 10.1. The number of halogens is 1. The number of rotatable bonds is 7. The molecule has 0 amide bonds. The van der Waals surface area contributed by atoms with Crippen molar-refractivity contribution in [2.24, 2.45) is 5.10 Å². The number of benzene rings is 2. The summed E-state index contributed by atoms with van der Waals surface area (Å²) < 4.78 is 19.3. The fraction of sp³-hybridized carbons (Fsp3) is 0.167. The van der Waals surface area contributed by atoms with Gasteiger partial charge in [0.25, 0.3) is 0 Å². The van der Waals surface area contributed by atoms with Crippen molar-refractivity contribution < 1.29 is 8.91 Å². The van der Waals surface area contributed by atoms with E-state index in [1.807, 2.05) is 30.3 Å². The molecule has 1 aliphatic rings. The van der Waals surface area contributed by atoms with Gasteiger partial charge in [-0.2, -0.15) is 5.10 Å². The Morgan fingerprint density at radius 1 is 1.09 bits per heavy atom. The van der Waals surface area contributed by atoms with Gasteiger partial charge < -0.3 is 15.6 Å². The van der Waals surface area contributed by atoms with E-state index in [4.69, 9.17) is 15.4 Å². The van der Waals surface area contributed by atoms with Crippen LogP contribution in [-0.2, 0) is 13.1 Å². The number of hydrogen-bond donors (Lipinski definition) is 2. The van der Waals surface area contributed by atoms with Gasteiger partial charge in [-0.25, -0.2) is 14.4 Å². The normalized spacial score (nSPS) is 15.5. The van der Waals surface area contributed by atoms with Crippen molar-refractivity contribution in [2.75, 3.05) is 11.1 Å². The highest BCUT2D eigenvalue weighted by Gasteiger charge is 2.32. The first kappa shape index (κ1) is 20.6. The minimum absolute atomic E-state index is 0.223. The Bertz CT molecular complexity index is 1260. The summed E-state index contributed by atoms with van der Waals surface area (Å²) in [6.07, 6.45) is 3.67. The summed E-state index contributed by atoms with van der Waals surface area (Å²) in [5.74, 6) is 0.487. The average Bonchev–Trinajstić information content (AvgIpc) is 3.51. The van der Waals surface area contributed by atoms with Crippen LogP contribution in [0.25, 0.3) is 0 Å². The van der Waals surface area contributed by atoms with Crippen LogP contribution in [0.5, 0.6) is 0 Å². The van der Waals surface area contributed by atoms with Crippen LogP contribution in [0.15, 0.2) is 82.7 Å². The summed E-state index contributed by atoms with van der Waals surface area (Å²) in [6, 6.07) is 18.2. The first-order valence-electron chi connectivity index (χ1n) is 10.6. The molecule has 0 spiro atoms. The Kier molecular flexibility index (Phi) is 5.67. The van der Waals surface area contributed by atoms with Crippen molar-refractivity contribution in [3.63, 3.8) is 0 Å². The Balaban J connectivity index is 1.37. The molecule has 166 valence electrons. The predicted octanol–water partition coefficient (Wildman–Crippen LogP) is 4.15. The van der Waals surface area contributed by atoms with E-state index in [2.05, 4.69) is 20.4 Å². The highest BCUT2D eigenvalue weighted by Crippen LogP contribution is 2.33. The zero-order valence-electron chi connectivity index (χ0n) is 17.7. The fourth-order valence-electron chi connectivity index (χ4n) is 3.75. The number of hydrazone groups is 1. The molecule has 9 heteroatoms. The van der Waals surface area contributed by atoms with Crippen LogP contribution in [-0.4, -0.2) is 25.8 Å². The standard InChI is InChI=1S/C24H22FN7O/c25-18-9-5-4-8-17(18)15-32-22(19-10-11-33-31-19)12-20(30-32)24-28-14-21(23(26)29-24)27-13-16-6-2-1-3-7-16/h1-11,14,22,27H,12-13,15H2,(H2,26,28,29). The van der Waals surface area contributed by atoms with E-state index in [-0.39, 0.29) is 18.4 Å². The van der Waals surface area contributed by atoms with Crippen LogP contribution in [0, 0.1) is 5.82 Å². The van der Waals surface area contributed by atoms with Crippen LogP contribution in [0.2, 0.25) is 0 Å². The van der Waals surface area contributed by atoms with Crippen molar-refractivity contribution in [3.8, 4) is 0 Å². The number of aromatic nitrogens is 3. The number of nitrogen functional groups attached to an aromatic ring is 1. The van der Waals surface area contributed by atoms with Gasteiger partial charge in [-0.15, -0.1) is 0 Å². The summed E-state index contributed by atoms with van der Waals surface area (Å²) in [7, 11) is 0. The summed E-state index contributed by atoms with van der Waals surface area (Å²) >= 11 is 0. The van der Waals surface area contributed by atoms with Crippen LogP contribution in [0.1, 0.15) is 35.1 Å². The lowest BCUT2D eigenvalue weighted by molar-refractivity contribution is 0.211. The summed E-state index contributed by atoms with van der Waals surface area (Å²) in [5.41, 5.74) is 9.88. The van der Waals surface area contributed by atoms with Crippen molar-refractivity contribution >= 4 is 17.2 Å². The molecule has 5 rings (SSSR count). The van der Waals surface area contributed by atoms with Gasteiger partial charge in [-0.3, -0.25) is 5.01 Å². The molecular formula is C24H22FN7O. The Hall–Kier alpha value is -4.27. The molecule has 33 heavy (non-hydrogen) atoms. The molecule has 0 fully saturated rings. The lowest BCUT2D eigenvalue weighted by Gasteiger charge is -2.21. The number of nitrogens with one attached hydrogen (secondary N) is 1. The van der Waals surface area contributed by atoms with Crippen LogP contribution in [0.3, 0.4) is 0 Å². The molecule has 2 aromatic carbocycles. The second-order valence-electron chi connectivity index (χ2n) is 7.71. The van der Waals surface area contributed by atoms with E-state index in [1.54, 1.807) is 35.5 Å². The molecular weight excluding hydrogens is 421 g/mol. The molecule has 1 atom stereocenters. The first-order chi connectivity index (χ1) is 16.2. The minimum Gasteiger partial charge on any atom is -0.382 e. The Labute approximate surface area is 190 Å². The third kappa shape index (κ3) is 4.52. The molecule has 0 aliphatic carbocycles. The van der Waals surface area contributed by atoms with Gasteiger partial charge in [-0.05, 0) is 11.6 Å². The SMILES string of the molecule is Nc1nc(C2=NN(Cc3ccccc3F)C(c3ccon3)C2)ncc1NCc1ccccc1. The van der Waals surface area contributed by atoms with Crippen LogP contribution >= 0.6 is 0 Å². The third-order valence-corrected chi connectivity index (χ3v) is 5.49. The molecule has 4 aromatic rings. The fourth-order valence-corrected chi connectivity index (χ4v) is 3.75. The molecule has 0 bridgehead atoms. The van der Waals surface area contributed by atoms with Crippen LogP contribution in [0.4, 0.5) is 15.9 Å². The second-order valence-corrected chi connectivity index (χ2v) is 7.71. The van der Waals surface area contributed by atoms with E-state index in [9.17, 15) is 4.39 Å². The molecule has 2 aromatic heterocycles. The monoisotopic (exact) mass is 443 g/mol. The maximum atomic E-state index is 14.3. The quantitative estimate of drug-likeness (QED) is 0.442. The number of anilines is 2. The summed E-state index contributed by atoms with van der Waals surface area (Å²) in [4.78, 5) is 8.95. The molecule has 0 saturated carbocycles. The third-order valence-electron chi connectivity index (χ3n) is 5.49. The smallest absolute Gasteiger partial charge is 0.177 e. The van der Waals surface area contributed by atoms with Gasteiger partial charge in [0.1, 0.15) is 23.5 Å². The molecule has 1 unspecified atom stereocenters. The van der Waals surface area contributed by atoms with Crippen LogP contribution < -0.4 is 11.1 Å². The van der Waals surface area contributed by atoms with Crippen molar-refractivity contribution in [3.05, 3.63) is 102 Å². The molecule has 3 N–H and O–H groups in total. The predicted molar refractivity (Wildman–Crippen MR) is 123 cm³/mol. The van der Waals surface area contributed by atoms with Crippen molar-refractivity contribution in [1.82, 2.24) is 20.1 Å². The van der Waals surface area contributed by atoms with E-state index < -0.39 is 0 Å². The topological polar surface area (TPSA) is 105 Å². The van der Waals surface area contributed by atoms with Gasteiger partial charge in [0, 0.05) is 24.6 Å². The van der Waals surface area contributed by atoms with E-state index in [0.717, 1.165) is 5.56 Å². The molecule has 0 radical (unpaired) electrons. The number of hydrogen-bond acceptors (Lipinski definition) is 8. The van der Waals surface area contributed by atoms with E-state index in [1.165, 1.54) is 12.3 Å². The summed E-state index contributed by atoms with van der Waals surface area (Å²) in [5, 5.41) is 13.8. The first-order valence-corrected chi connectivity index (χ1v) is 10.6. The number of nitrogens with two attached hydrogens (primary N) is 1. The highest BCUT2D eigenvalue weighted by atomic mass is 19.1. The van der Waals surface area contributed by atoms with Gasteiger partial charge in [0.2, 0.25) is 0 Å². The van der Waals surface area contributed by atoms with Gasteiger partial charge >= 0.3 is 0 Å². The van der Waals surface area contributed by atoms with E-state index in [0.29, 0.717) is 47.3 Å². The molecule has 1 aliphatic heterocycles. The lowest BCUT2D eigenvalue weighted by Crippen LogP contribution is -2.20. The van der Waals surface area contributed by atoms with Gasteiger partial charge in [0.15, 0.2) is 11.6 Å². The highest BCUT2D eigenvalue weighted by molar-refractivity contribution is 5.99. The van der Waals surface area contributed by atoms with Gasteiger partial charge in [0.05, 0.1) is 24.5 Å². The maximum Gasteiger partial charge on any atom is 0.177 e. The zero-order valence-corrected chi connectivity index (χ0v) is 17.7.